The van der Waals surface area contributed by atoms with Crippen LogP contribution in [-0.4, -0.2) is 13.6 Å². The van der Waals surface area contributed by atoms with Crippen LogP contribution in [0.15, 0.2) is 34.7 Å². The fourth-order valence-electron chi connectivity index (χ4n) is 2.35. The van der Waals surface area contributed by atoms with Gasteiger partial charge < -0.3 is 14.6 Å². The van der Waals surface area contributed by atoms with E-state index in [-0.39, 0.29) is 0 Å². The third-order valence-corrected chi connectivity index (χ3v) is 3.65. The molecule has 2 aromatic rings. The first-order chi connectivity index (χ1) is 10.1. The van der Waals surface area contributed by atoms with Crippen LogP contribution in [0, 0.1) is 13.8 Å². The molecular formula is C18H26N2O. The van der Waals surface area contributed by atoms with E-state index in [1.54, 1.807) is 0 Å². The van der Waals surface area contributed by atoms with Crippen LogP contribution in [0.2, 0.25) is 0 Å². The van der Waals surface area contributed by atoms with E-state index in [1.165, 1.54) is 16.8 Å². The highest BCUT2D eigenvalue weighted by Crippen LogP contribution is 2.20. The predicted octanol–water partition coefficient (Wildman–Crippen LogP) is 4.03. The lowest BCUT2D eigenvalue weighted by Gasteiger charge is -2.18. The summed E-state index contributed by atoms with van der Waals surface area (Å²) in [6, 6.07) is 10.7. The number of nitrogens with one attached hydrogen (secondary N) is 1. The second kappa shape index (κ2) is 7.32. The first-order valence-corrected chi connectivity index (χ1v) is 7.67. The quantitative estimate of drug-likeness (QED) is 0.779. The number of benzene rings is 1. The van der Waals surface area contributed by atoms with Crippen molar-refractivity contribution in [3.63, 3.8) is 0 Å². The zero-order chi connectivity index (χ0) is 15.2. The molecule has 21 heavy (non-hydrogen) atoms. The number of rotatable bonds is 7. The molecule has 2 rings (SSSR count). The Kier molecular flexibility index (Phi) is 5.45. The molecule has 1 aromatic heterocycles. The van der Waals surface area contributed by atoms with E-state index in [0.29, 0.717) is 0 Å². The maximum atomic E-state index is 5.97. The molecule has 0 aliphatic carbocycles. The minimum atomic E-state index is 0.789. The van der Waals surface area contributed by atoms with Crippen LogP contribution in [0.4, 0.5) is 5.69 Å². The van der Waals surface area contributed by atoms with Gasteiger partial charge in [-0.3, -0.25) is 0 Å². The number of hydrogen-bond donors (Lipinski definition) is 1. The Morgan fingerprint density at radius 3 is 2.52 bits per heavy atom. The highest BCUT2D eigenvalue weighted by molar-refractivity contribution is 5.47. The molecule has 0 bridgehead atoms. The van der Waals surface area contributed by atoms with Gasteiger partial charge in [0.05, 0.1) is 13.1 Å². The number of furan rings is 1. The van der Waals surface area contributed by atoms with Crippen molar-refractivity contribution in [3.8, 4) is 0 Å². The summed E-state index contributed by atoms with van der Waals surface area (Å²) in [6.45, 7) is 9.02. The van der Waals surface area contributed by atoms with Crippen molar-refractivity contribution in [1.29, 1.82) is 0 Å². The van der Waals surface area contributed by atoms with Crippen molar-refractivity contribution in [1.82, 2.24) is 5.32 Å². The van der Waals surface area contributed by atoms with Crippen LogP contribution < -0.4 is 10.2 Å². The number of aryl methyl sites for hydroxylation is 2. The van der Waals surface area contributed by atoms with E-state index >= 15 is 0 Å². The summed E-state index contributed by atoms with van der Waals surface area (Å²) in [5.41, 5.74) is 3.72. The maximum absolute atomic E-state index is 5.97. The van der Waals surface area contributed by atoms with Gasteiger partial charge in [-0.25, -0.2) is 0 Å². The molecule has 3 heteroatoms. The van der Waals surface area contributed by atoms with Crippen LogP contribution in [0.1, 0.15) is 36.0 Å². The van der Waals surface area contributed by atoms with Gasteiger partial charge in [0, 0.05) is 12.7 Å². The number of nitrogens with zero attached hydrogens (tertiary/aromatic N) is 1. The number of anilines is 1. The lowest BCUT2D eigenvalue weighted by Crippen LogP contribution is -2.16. The zero-order valence-electron chi connectivity index (χ0n) is 13.6. The molecule has 0 spiro atoms. The van der Waals surface area contributed by atoms with Crippen molar-refractivity contribution in [2.75, 3.05) is 18.5 Å². The normalized spacial score (nSPS) is 10.9. The minimum Gasteiger partial charge on any atom is -0.463 e. The van der Waals surface area contributed by atoms with Gasteiger partial charge in [0.25, 0.3) is 0 Å². The largest absolute Gasteiger partial charge is 0.463 e. The first kappa shape index (κ1) is 15.6. The van der Waals surface area contributed by atoms with Crippen LogP contribution in [0.3, 0.4) is 0 Å². The molecule has 0 unspecified atom stereocenters. The first-order valence-electron chi connectivity index (χ1n) is 7.67. The molecule has 1 heterocycles. The topological polar surface area (TPSA) is 28.4 Å². The Morgan fingerprint density at radius 2 is 1.86 bits per heavy atom. The summed E-state index contributed by atoms with van der Waals surface area (Å²) in [4.78, 5) is 2.21. The fourth-order valence-corrected chi connectivity index (χ4v) is 2.35. The van der Waals surface area contributed by atoms with Crippen molar-refractivity contribution in [3.05, 3.63) is 53.0 Å². The van der Waals surface area contributed by atoms with Gasteiger partial charge in [-0.05, 0) is 50.6 Å². The van der Waals surface area contributed by atoms with Crippen molar-refractivity contribution in [2.24, 2.45) is 0 Å². The van der Waals surface area contributed by atoms with Gasteiger partial charge in [0.1, 0.15) is 11.5 Å². The van der Waals surface area contributed by atoms with Gasteiger partial charge in [0.2, 0.25) is 0 Å². The van der Waals surface area contributed by atoms with Gasteiger partial charge in [-0.15, -0.1) is 0 Å². The Morgan fingerprint density at radius 1 is 1.14 bits per heavy atom. The van der Waals surface area contributed by atoms with E-state index in [4.69, 9.17) is 4.42 Å². The summed E-state index contributed by atoms with van der Waals surface area (Å²) < 4.78 is 5.97. The third kappa shape index (κ3) is 4.36. The Bertz CT molecular complexity index is 557. The summed E-state index contributed by atoms with van der Waals surface area (Å²) in [5.74, 6) is 2.07. The maximum Gasteiger partial charge on any atom is 0.123 e. The van der Waals surface area contributed by atoms with Gasteiger partial charge in [-0.2, -0.15) is 0 Å². The second-order valence-electron chi connectivity index (χ2n) is 5.69. The van der Waals surface area contributed by atoms with Crippen LogP contribution >= 0.6 is 0 Å². The standard InChI is InChI=1S/C18H26N2O/c1-5-10-19-12-18-15(3)11-17(21-18)13-20(4)16-8-6-14(2)7-9-16/h6-9,11,19H,5,10,12-13H2,1-4H3. The minimum absolute atomic E-state index is 0.789. The van der Waals surface area contributed by atoms with Gasteiger partial charge >= 0.3 is 0 Å². The average Bonchev–Trinajstić information content (AvgIpc) is 2.80. The molecule has 0 radical (unpaired) electrons. The lowest BCUT2D eigenvalue weighted by atomic mass is 10.2. The molecule has 0 saturated heterocycles. The van der Waals surface area contributed by atoms with Crippen molar-refractivity contribution >= 4 is 5.69 Å². The molecule has 3 nitrogen and oxygen atoms in total. The molecule has 0 fully saturated rings. The summed E-state index contributed by atoms with van der Waals surface area (Å²) in [6.07, 6.45) is 1.14. The molecule has 0 amide bonds. The predicted molar refractivity (Wildman–Crippen MR) is 88.7 cm³/mol. The van der Waals surface area contributed by atoms with E-state index in [1.807, 2.05) is 0 Å². The molecule has 0 aliphatic heterocycles. The van der Waals surface area contributed by atoms with E-state index in [0.717, 1.165) is 37.6 Å². The molecule has 1 aromatic carbocycles. The molecular weight excluding hydrogens is 260 g/mol. The van der Waals surface area contributed by atoms with Crippen LogP contribution in [0.5, 0.6) is 0 Å². The number of hydrogen-bond acceptors (Lipinski definition) is 3. The fraction of sp³-hybridized carbons (Fsp3) is 0.444. The summed E-state index contributed by atoms with van der Waals surface area (Å²) in [7, 11) is 2.09. The molecule has 1 N–H and O–H groups in total. The van der Waals surface area contributed by atoms with Crippen LogP contribution in [-0.2, 0) is 13.1 Å². The van der Waals surface area contributed by atoms with Crippen LogP contribution in [0.25, 0.3) is 0 Å². The second-order valence-corrected chi connectivity index (χ2v) is 5.69. The Labute approximate surface area is 128 Å². The average molecular weight is 286 g/mol. The smallest absolute Gasteiger partial charge is 0.123 e. The van der Waals surface area contributed by atoms with Crippen molar-refractivity contribution < 1.29 is 4.42 Å². The molecule has 0 atom stereocenters. The zero-order valence-corrected chi connectivity index (χ0v) is 13.6. The van der Waals surface area contributed by atoms with E-state index in [9.17, 15) is 0 Å². The summed E-state index contributed by atoms with van der Waals surface area (Å²) in [5, 5.41) is 3.39. The highest BCUT2D eigenvalue weighted by Gasteiger charge is 2.10. The third-order valence-electron chi connectivity index (χ3n) is 3.65. The van der Waals surface area contributed by atoms with Gasteiger partial charge in [-0.1, -0.05) is 24.6 Å². The molecule has 0 aliphatic rings. The molecule has 114 valence electrons. The Balaban J connectivity index is 1.99. The highest BCUT2D eigenvalue weighted by atomic mass is 16.3. The monoisotopic (exact) mass is 286 g/mol. The van der Waals surface area contributed by atoms with E-state index < -0.39 is 0 Å². The lowest BCUT2D eigenvalue weighted by molar-refractivity contribution is 0.444. The molecule has 0 saturated carbocycles. The Hall–Kier alpha value is -1.74. The SMILES string of the molecule is CCCNCc1oc(CN(C)c2ccc(C)cc2)cc1C. The van der Waals surface area contributed by atoms with Gasteiger partial charge in [0.15, 0.2) is 0 Å². The van der Waals surface area contributed by atoms with Crippen molar-refractivity contribution in [2.45, 2.75) is 40.3 Å². The summed E-state index contributed by atoms with van der Waals surface area (Å²) >= 11 is 0. The van der Waals surface area contributed by atoms with E-state index in [2.05, 4.69) is 68.4 Å².